The van der Waals surface area contributed by atoms with Gasteiger partial charge in [0.2, 0.25) is 6.23 Å². The van der Waals surface area contributed by atoms with Crippen LogP contribution in [0, 0.1) is 0 Å². The van der Waals surface area contributed by atoms with Gasteiger partial charge in [-0.1, -0.05) is 44.2 Å². The van der Waals surface area contributed by atoms with Crippen LogP contribution >= 0.6 is 0 Å². The van der Waals surface area contributed by atoms with Gasteiger partial charge in [0.25, 0.3) is 0 Å². The molecule has 0 aliphatic carbocycles. The Hall–Kier alpha value is -3.47. The molecule has 0 bridgehead atoms. The second-order valence-electron chi connectivity index (χ2n) is 8.48. The molecule has 3 aromatic rings. The minimum atomic E-state index is -5.07. The predicted octanol–water partition coefficient (Wildman–Crippen LogP) is 7.73. The Labute approximate surface area is 208 Å². The SMILES string of the molecule is CC(C)c1cccc(Oc2cccc(N(Cc3cccc(OC(F)(F)C(F)F)c3)[C@@H](O)C(F)(F)F)c2)c1. The fraction of sp³-hybridized carbons (Fsp3) is 0.308. The minimum Gasteiger partial charge on any atom is -0.457 e. The van der Waals surface area contributed by atoms with Crippen molar-refractivity contribution >= 4 is 5.69 Å². The average Bonchev–Trinajstić information content (AvgIpc) is 2.82. The molecule has 0 aliphatic rings. The van der Waals surface area contributed by atoms with Crippen molar-refractivity contribution in [3.8, 4) is 17.2 Å². The van der Waals surface area contributed by atoms with Crippen LogP contribution in [0.25, 0.3) is 0 Å². The van der Waals surface area contributed by atoms with Crippen molar-refractivity contribution in [3.63, 3.8) is 0 Å². The summed E-state index contributed by atoms with van der Waals surface area (Å²) in [4.78, 5) is 0.571. The van der Waals surface area contributed by atoms with Crippen molar-refractivity contribution in [2.45, 2.75) is 51.2 Å². The molecule has 1 atom stereocenters. The van der Waals surface area contributed by atoms with Crippen LogP contribution in [-0.2, 0) is 6.54 Å². The van der Waals surface area contributed by atoms with E-state index in [0.717, 1.165) is 23.8 Å². The first-order valence-corrected chi connectivity index (χ1v) is 11.1. The first-order chi connectivity index (χ1) is 17.3. The third-order valence-electron chi connectivity index (χ3n) is 5.26. The lowest BCUT2D eigenvalue weighted by Crippen LogP contribution is -2.45. The van der Waals surface area contributed by atoms with Crippen molar-refractivity contribution in [2.24, 2.45) is 0 Å². The van der Waals surface area contributed by atoms with Crippen molar-refractivity contribution in [1.82, 2.24) is 0 Å². The van der Waals surface area contributed by atoms with Crippen molar-refractivity contribution in [2.75, 3.05) is 4.90 Å². The normalized spacial score (nSPS) is 13.1. The molecule has 0 aliphatic heterocycles. The monoisotopic (exact) mass is 531 g/mol. The maximum atomic E-state index is 13.5. The largest absolute Gasteiger partial charge is 0.461 e. The number of hydrogen-bond acceptors (Lipinski definition) is 4. The Morgan fingerprint density at radius 2 is 1.41 bits per heavy atom. The first kappa shape index (κ1) is 28.1. The van der Waals surface area contributed by atoms with Crippen LogP contribution in [0.3, 0.4) is 0 Å². The van der Waals surface area contributed by atoms with Gasteiger partial charge in [0.15, 0.2) is 0 Å². The Bertz CT molecular complexity index is 1180. The van der Waals surface area contributed by atoms with Gasteiger partial charge in [0.1, 0.15) is 17.2 Å². The second-order valence-corrected chi connectivity index (χ2v) is 8.48. The molecule has 1 N–H and O–H groups in total. The molecule has 0 saturated heterocycles. The number of nitrogens with zero attached hydrogens (tertiary/aromatic N) is 1. The number of aliphatic hydroxyl groups excluding tert-OH is 1. The van der Waals surface area contributed by atoms with Gasteiger partial charge in [-0.15, -0.1) is 0 Å². The molecule has 3 aromatic carbocycles. The van der Waals surface area contributed by atoms with Gasteiger partial charge in [-0.2, -0.15) is 30.7 Å². The standard InChI is InChI=1S/C26H24F7NO3/c1-16(2)18-7-4-9-20(13-18)36-21-10-5-8-19(14-21)34(24(35)25(29,30)31)15-17-6-3-11-22(12-17)37-26(32,33)23(27)28/h3-14,16,23-24,35H,15H2,1-2H3/t24-/m0/s1. The van der Waals surface area contributed by atoms with E-state index in [1.807, 2.05) is 19.9 Å². The molecule has 0 radical (unpaired) electrons. The molecule has 0 heterocycles. The summed E-state index contributed by atoms with van der Waals surface area (Å²) in [6, 6.07) is 17.0. The molecule has 200 valence electrons. The average molecular weight is 531 g/mol. The summed E-state index contributed by atoms with van der Waals surface area (Å²) in [6.45, 7) is 3.36. The van der Waals surface area contributed by atoms with Crippen molar-refractivity contribution < 1.29 is 45.3 Å². The molecule has 0 spiro atoms. The van der Waals surface area contributed by atoms with Crippen LogP contribution in [-0.4, -0.2) is 30.0 Å². The molecular formula is C26H24F7NO3. The highest BCUT2D eigenvalue weighted by atomic mass is 19.4. The zero-order chi connectivity index (χ0) is 27.4. The Kier molecular flexibility index (Phi) is 8.57. The van der Waals surface area contributed by atoms with E-state index >= 15 is 0 Å². The molecule has 4 nitrogen and oxygen atoms in total. The minimum absolute atomic E-state index is 0.0122. The van der Waals surface area contributed by atoms with Crippen molar-refractivity contribution in [1.29, 1.82) is 0 Å². The Morgan fingerprint density at radius 1 is 0.811 bits per heavy atom. The van der Waals surface area contributed by atoms with Gasteiger partial charge in [-0.25, -0.2) is 0 Å². The van der Waals surface area contributed by atoms with E-state index in [-0.39, 0.29) is 22.9 Å². The van der Waals surface area contributed by atoms with Crippen LogP contribution in [0.2, 0.25) is 0 Å². The summed E-state index contributed by atoms with van der Waals surface area (Å²) in [5.74, 6) is 0.182. The number of benzene rings is 3. The summed E-state index contributed by atoms with van der Waals surface area (Å²) in [7, 11) is 0. The quantitative estimate of drug-likeness (QED) is 0.215. The van der Waals surface area contributed by atoms with E-state index in [9.17, 15) is 35.8 Å². The highest BCUT2D eigenvalue weighted by Gasteiger charge is 2.44. The third kappa shape index (κ3) is 7.51. The van der Waals surface area contributed by atoms with Crippen molar-refractivity contribution in [3.05, 3.63) is 83.9 Å². The summed E-state index contributed by atoms with van der Waals surface area (Å²) >= 11 is 0. The molecule has 11 heteroatoms. The van der Waals surface area contributed by atoms with Gasteiger partial charge in [-0.3, -0.25) is 0 Å². The smallest absolute Gasteiger partial charge is 0.457 e. The lowest BCUT2D eigenvalue weighted by molar-refractivity contribution is -0.253. The zero-order valence-corrected chi connectivity index (χ0v) is 19.7. The lowest BCUT2D eigenvalue weighted by atomic mass is 10.0. The van der Waals surface area contributed by atoms with Gasteiger partial charge >= 0.3 is 18.7 Å². The lowest BCUT2D eigenvalue weighted by Gasteiger charge is -2.31. The number of ether oxygens (including phenoxy) is 2. The number of alkyl halides is 7. The van der Waals surface area contributed by atoms with Gasteiger partial charge in [0, 0.05) is 18.3 Å². The van der Waals surface area contributed by atoms with E-state index in [0.29, 0.717) is 10.6 Å². The van der Waals surface area contributed by atoms with Crippen LogP contribution in [0.15, 0.2) is 72.8 Å². The van der Waals surface area contributed by atoms with E-state index in [2.05, 4.69) is 4.74 Å². The van der Waals surface area contributed by atoms with Gasteiger partial charge in [0.05, 0.1) is 0 Å². The summed E-state index contributed by atoms with van der Waals surface area (Å²) < 4.78 is 102. The second kappa shape index (κ2) is 11.3. The summed E-state index contributed by atoms with van der Waals surface area (Å²) in [5, 5.41) is 10.1. The Balaban J connectivity index is 1.91. The Morgan fingerprint density at radius 3 is 2.03 bits per heavy atom. The summed E-state index contributed by atoms with van der Waals surface area (Å²) in [5.41, 5.74) is 0.885. The fourth-order valence-electron chi connectivity index (χ4n) is 3.40. The highest BCUT2D eigenvalue weighted by molar-refractivity contribution is 5.53. The molecule has 0 aromatic heterocycles. The number of rotatable bonds is 10. The molecule has 3 rings (SSSR count). The molecular weight excluding hydrogens is 507 g/mol. The van der Waals surface area contributed by atoms with Gasteiger partial charge in [-0.05, 0) is 53.4 Å². The topological polar surface area (TPSA) is 41.9 Å². The third-order valence-corrected chi connectivity index (χ3v) is 5.26. The maximum absolute atomic E-state index is 13.5. The van der Waals surface area contributed by atoms with Gasteiger partial charge < -0.3 is 19.5 Å². The predicted molar refractivity (Wildman–Crippen MR) is 123 cm³/mol. The fourth-order valence-corrected chi connectivity index (χ4v) is 3.40. The molecule has 0 unspecified atom stereocenters. The van der Waals surface area contributed by atoms with E-state index < -0.39 is 37.2 Å². The molecule has 0 saturated carbocycles. The zero-order valence-electron chi connectivity index (χ0n) is 19.7. The molecule has 37 heavy (non-hydrogen) atoms. The molecule has 0 amide bonds. The van der Waals surface area contributed by atoms with E-state index in [1.54, 1.807) is 18.2 Å². The van der Waals surface area contributed by atoms with E-state index in [1.165, 1.54) is 30.3 Å². The van der Waals surface area contributed by atoms with E-state index in [4.69, 9.17) is 4.74 Å². The van der Waals surface area contributed by atoms with Crippen LogP contribution < -0.4 is 14.4 Å². The first-order valence-electron chi connectivity index (χ1n) is 11.1. The maximum Gasteiger partial charge on any atom is 0.461 e. The van der Waals surface area contributed by atoms with Crippen LogP contribution in [0.1, 0.15) is 30.9 Å². The summed E-state index contributed by atoms with van der Waals surface area (Å²) in [6.07, 6.45) is -16.9. The number of hydrogen-bond donors (Lipinski definition) is 1. The van der Waals surface area contributed by atoms with Crippen LogP contribution in [0.5, 0.6) is 17.2 Å². The number of halogens is 7. The number of aliphatic hydroxyl groups is 1. The highest BCUT2D eigenvalue weighted by Crippen LogP contribution is 2.34. The molecule has 0 fully saturated rings. The number of anilines is 1. The van der Waals surface area contributed by atoms with Crippen LogP contribution in [0.4, 0.5) is 36.4 Å².